The number of aromatic nitrogens is 1. The standard InChI is InChI=1S/C32H25N3OS/c1-22-11-13-24(14-12-22)28-20-30(25-8-3-2-4-9-25)35-32(29(28)21-33)37-18-17-31(36)34-27-16-15-23-7-5-6-10-26(23)19-27/h2-16,19-20H,17-18H2,1H3,(H,34,36). The van der Waals surface area contributed by atoms with Crippen molar-refractivity contribution < 1.29 is 4.79 Å². The minimum atomic E-state index is -0.0701. The summed E-state index contributed by atoms with van der Waals surface area (Å²) in [5.41, 5.74) is 6.07. The Labute approximate surface area is 221 Å². The highest BCUT2D eigenvalue weighted by molar-refractivity contribution is 7.99. The van der Waals surface area contributed by atoms with Gasteiger partial charge in [-0.2, -0.15) is 5.26 Å². The number of thioether (sulfide) groups is 1. The van der Waals surface area contributed by atoms with Gasteiger partial charge in [-0.05, 0) is 41.5 Å². The zero-order valence-corrected chi connectivity index (χ0v) is 21.3. The number of fused-ring (bicyclic) bond motifs is 1. The number of carbonyl (C=O) groups is 1. The molecule has 180 valence electrons. The Hall–Kier alpha value is -4.40. The number of hydrogen-bond donors (Lipinski definition) is 1. The van der Waals surface area contributed by atoms with Crippen molar-refractivity contribution in [3.63, 3.8) is 0 Å². The van der Waals surface area contributed by atoms with Gasteiger partial charge in [-0.1, -0.05) is 90.5 Å². The van der Waals surface area contributed by atoms with Crippen LogP contribution in [-0.4, -0.2) is 16.6 Å². The van der Waals surface area contributed by atoms with E-state index in [2.05, 4.69) is 11.4 Å². The van der Waals surface area contributed by atoms with Crippen molar-refractivity contribution in [1.82, 2.24) is 4.98 Å². The van der Waals surface area contributed by atoms with Crippen molar-refractivity contribution in [1.29, 1.82) is 5.26 Å². The van der Waals surface area contributed by atoms with Gasteiger partial charge >= 0.3 is 0 Å². The topological polar surface area (TPSA) is 65.8 Å². The van der Waals surface area contributed by atoms with Gasteiger partial charge in [0.1, 0.15) is 11.1 Å². The van der Waals surface area contributed by atoms with Crippen LogP contribution in [0.5, 0.6) is 0 Å². The summed E-state index contributed by atoms with van der Waals surface area (Å²) in [4.78, 5) is 17.5. The van der Waals surface area contributed by atoms with Crippen LogP contribution in [0.1, 0.15) is 17.5 Å². The fourth-order valence-electron chi connectivity index (χ4n) is 4.18. The number of rotatable bonds is 7. The third-order valence-corrected chi connectivity index (χ3v) is 7.11. The molecule has 4 nitrogen and oxygen atoms in total. The second kappa shape index (κ2) is 11.1. The summed E-state index contributed by atoms with van der Waals surface area (Å²) in [6.07, 6.45) is 0.305. The second-order valence-corrected chi connectivity index (χ2v) is 9.87. The van der Waals surface area contributed by atoms with E-state index in [1.54, 1.807) is 0 Å². The molecule has 1 N–H and O–H groups in total. The van der Waals surface area contributed by atoms with Crippen LogP contribution in [0, 0.1) is 18.3 Å². The normalized spacial score (nSPS) is 10.7. The zero-order chi connectivity index (χ0) is 25.6. The maximum absolute atomic E-state index is 12.7. The SMILES string of the molecule is Cc1ccc(-c2cc(-c3ccccc3)nc(SCCC(=O)Nc3ccc4ccccc4c3)c2C#N)cc1. The first kappa shape index (κ1) is 24.3. The molecule has 1 amide bonds. The zero-order valence-electron chi connectivity index (χ0n) is 20.4. The molecule has 0 radical (unpaired) electrons. The molecule has 0 aliphatic rings. The highest BCUT2D eigenvalue weighted by atomic mass is 32.2. The predicted octanol–water partition coefficient (Wildman–Crippen LogP) is 7.87. The van der Waals surface area contributed by atoms with Gasteiger partial charge in [-0.3, -0.25) is 4.79 Å². The summed E-state index contributed by atoms with van der Waals surface area (Å²) in [6.45, 7) is 2.04. The van der Waals surface area contributed by atoms with Crippen molar-refractivity contribution >= 4 is 34.1 Å². The van der Waals surface area contributed by atoms with E-state index in [4.69, 9.17) is 4.98 Å². The summed E-state index contributed by atoms with van der Waals surface area (Å²) < 4.78 is 0. The number of aryl methyl sites for hydroxylation is 1. The van der Waals surface area contributed by atoms with Crippen LogP contribution < -0.4 is 5.32 Å². The summed E-state index contributed by atoms with van der Waals surface area (Å²) in [6, 6.07) is 36.4. The Kier molecular flexibility index (Phi) is 7.30. The molecular weight excluding hydrogens is 474 g/mol. The van der Waals surface area contributed by atoms with Gasteiger partial charge in [0.05, 0.1) is 11.3 Å². The molecule has 0 bridgehead atoms. The molecule has 0 unspecified atom stereocenters. The first-order chi connectivity index (χ1) is 18.1. The second-order valence-electron chi connectivity index (χ2n) is 8.79. The highest BCUT2D eigenvalue weighted by Crippen LogP contribution is 2.34. The molecule has 5 rings (SSSR count). The quantitative estimate of drug-likeness (QED) is 0.231. The fourth-order valence-corrected chi connectivity index (χ4v) is 5.13. The lowest BCUT2D eigenvalue weighted by atomic mass is 9.98. The average Bonchev–Trinajstić information content (AvgIpc) is 2.93. The lowest BCUT2D eigenvalue weighted by molar-refractivity contribution is -0.115. The van der Waals surface area contributed by atoms with E-state index in [0.29, 0.717) is 22.8 Å². The predicted molar refractivity (Wildman–Crippen MR) is 152 cm³/mol. The third kappa shape index (κ3) is 5.72. The number of carbonyl (C=O) groups excluding carboxylic acids is 1. The summed E-state index contributed by atoms with van der Waals surface area (Å²) >= 11 is 1.44. The largest absolute Gasteiger partial charge is 0.326 e. The number of nitriles is 1. The molecule has 0 atom stereocenters. The molecule has 1 heterocycles. The maximum Gasteiger partial charge on any atom is 0.225 e. The van der Waals surface area contributed by atoms with Crippen LogP contribution in [0.15, 0.2) is 108 Å². The third-order valence-electron chi connectivity index (χ3n) is 6.13. The van der Waals surface area contributed by atoms with Gasteiger partial charge in [-0.25, -0.2) is 4.98 Å². The Morgan fingerprint density at radius 3 is 2.35 bits per heavy atom. The lowest BCUT2D eigenvalue weighted by Gasteiger charge is -2.13. The molecule has 0 saturated carbocycles. The van der Waals surface area contributed by atoms with Crippen molar-refractivity contribution in [2.75, 3.05) is 11.1 Å². The Morgan fingerprint density at radius 1 is 0.865 bits per heavy atom. The molecular formula is C32H25N3OS. The van der Waals surface area contributed by atoms with Gasteiger partial charge in [0.2, 0.25) is 5.91 Å². The van der Waals surface area contributed by atoms with E-state index in [9.17, 15) is 10.1 Å². The van der Waals surface area contributed by atoms with E-state index in [1.165, 1.54) is 11.8 Å². The number of nitrogens with one attached hydrogen (secondary N) is 1. The van der Waals surface area contributed by atoms with Gasteiger partial charge in [0.15, 0.2) is 0 Å². The van der Waals surface area contributed by atoms with Gasteiger partial charge in [0.25, 0.3) is 0 Å². The molecule has 4 aromatic carbocycles. The number of benzene rings is 4. The molecule has 0 aliphatic carbocycles. The smallest absolute Gasteiger partial charge is 0.225 e. The molecule has 0 saturated heterocycles. The summed E-state index contributed by atoms with van der Waals surface area (Å²) in [7, 11) is 0. The van der Waals surface area contributed by atoms with Crippen molar-refractivity contribution in [2.45, 2.75) is 18.4 Å². The van der Waals surface area contributed by atoms with Crippen LogP contribution in [-0.2, 0) is 4.79 Å². The summed E-state index contributed by atoms with van der Waals surface area (Å²) in [5.74, 6) is 0.436. The van der Waals surface area contributed by atoms with Crippen LogP contribution in [0.2, 0.25) is 0 Å². The molecule has 5 heteroatoms. The number of amides is 1. The molecule has 0 spiro atoms. The minimum absolute atomic E-state index is 0.0701. The average molecular weight is 500 g/mol. The molecule has 0 aliphatic heterocycles. The van der Waals surface area contributed by atoms with Crippen molar-refractivity contribution in [3.8, 4) is 28.5 Å². The van der Waals surface area contributed by atoms with Crippen LogP contribution in [0.3, 0.4) is 0 Å². The number of hydrogen-bond acceptors (Lipinski definition) is 4. The maximum atomic E-state index is 12.7. The van der Waals surface area contributed by atoms with E-state index < -0.39 is 0 Å². The van der Waals surface area contributed by atoms with E-state index >= 15 is 0 Å². The number of pyridine rings is 1. The molecule has 37 heavy (non-hydrogen) atoms. The van der Waals surface area contributed by atoms with Crippen LogP contribution in [0.4, 0.5) is 5.69 Å². The molecule has 5 aromatic rings. The number of nitrogens with zero attached hydrogens (tertiary/aromatic N) is 2. The number of anilines is 1. The highest BCUT2D eigenvalue weighted by Gasteiger charge is 2.16. The molecule has 0 fully saturated rings. The van der Waals surface area contributed by atoms with Gasteiger partial charge in [0, 0.05) is 29.0 Å². The Bertz CT molecular complexity index is 1610. The van der Waals surface area contributed by atoms with Crippen LogP contribution >= 0.6 is 11.8 Å². The van der Waals surface area contributed by atoms with Crippen molar-refractivity contribution in [3.05, 3.63) is 114 Å². The van der Waals surface area contributed by atoms with Gasteiger partial charge < -0.3 is 5.32 Å². The van der Waals surface area contributed by atoms with Crippen molar-refractivity contribution in [2.24, 2.45) is 0 Å². The van der Waals surface area contributed by atoms with E-state index in [-0.39, 0.29) is 5.91 Å². The first-order valence-corrected chi connectivity index (χ1v) is 13.1. The van der Waals surface area contributed by atoms with Crippen LogP contribution in [0.25, 0.3) is 33.2 Å². The van der Waals surface area contributed by atoms with E-state index in [1.807, 2.05) is 110 Å². The van der Waals surface area contributed by atoms with Gasteiger partial charge in [-0.15, -0.1) is 11.8 Å². The summed E-state index contributed by atoms with van der Waals surface area (Å²) in [5, 5.41) is 15.9. The monoisotopic (exact) mass is 499 g/mol. The fraction of sp³-hybridized carbons (Fsp3) is 0.0938. The Balaban J connectivity index is 1.37. The van der Waals surface area contributed by atoms with E-state index in [0.717, 1.165) is 44.4 Å². The lowest BCUT2D eigenvalue weighted by Crippen LogP contribution is -2.12. The minimum Gasteiger partial charge on any atom is -0.326 e. The first-order valence-electron chi connectivity index (χ1n) is 12.1. The Morgan fingerprint density at radius 2 is 1.59 bits per heavy atom. The molecule has 1 aromatic heterocycles.